The largest absolute Gasteiger partial charge is 0.396 e. The second kappa shape index (κ2) is 6.01. The molecule has 0 saturated heterocycles. The molecule has 0 fully saturated rings. The molecule has 2 N–H and O–H groups in total. The van der Waals surface area contributed by atoms with Crippen LogP contribution in [0.1, 0.15) is 62.1 Å². The van der Waals surface area contributed by atoms with E-state index in [9.17, 15) is 4.79 Å². The molecular weight excluding hydrogens is 260 g/mol. The minimum atomic E-state index is -0.363. The highest BCUT2D eigenvalue weighted by Crippen LogP contribution is 2.27. The van der Waals surface area contributed by atoms with Crippen LogP contribution in [-0.2, 0) is 5.41 Å². The van der Waals surface area contributed by atoms with Crippen molar-refractivity contribution in [3.63, 3.8) is 0 Å². The molecule has 1 aromatic rings. The maximum Gasteiger partial charge on any atom is 0.263 e. The highest BCUT2D eigenvalue weighted by atomic mass is 32.1. The monoisotopic (exact) mass is 284 g/mol. The predicted molar refractivity (Wildman–Crippen MR) is 78.7 cm³/mol. The Morgan fingerprint density at radius 2 is 2.05 bits per heavy atom. The van der Waals surface area contributed by atoms with E-state index >= 15 is 0 Å². The number of hydrogen-bond donors (Lipinski definition) is 2. The first-order valence-corrected chi connectivity index (χ1v) is 7.43. The van der Waals surface area contributed by atoms with Crippen LogP contribution < -0.4 is 5.32 Å². The van der Waals surface area contributed by atoms with Gasteiger partial charge in [-0.15, -0.1) is 11.3 Å². The van der Waals surface area contributed by atoms with Gasteiger partial charge in [-0.05, 0) is 19.8 Å². The third-order valence-electron chi connectivity index (χ3n) is 3.23. The predicted octanol–water partition coefficient (Wildman–Crippen LogP) is 2.72. The van der Waals surface area contributed by atoms with Gasteiger partial charge < -0.3 is 10.4 Å². The summed E-state index contributed by atoms with van der Waals surface area (Å²) in [5.74, 6) is -0.106. The van der Waals surface area contributed by atoms with Crippen molar-refractivity contribution in [3.05, 3.63) is 16.1 Å². The fourth-order valence-corrected chi connectivity index (χ4v) is 2.50. The van der Waals surface area contributed by atoms with Crippen molar-refractivity contribution in [1.82, 2.24) is 10.3 Å². The van der Waals surface area contributed by atoms with E-state index in [1.54, 1.807) is 6.20 Å². The molecule has 0 bridgehead atoms. The van der Waals surface area contributed by atoms with Crippen molar-refractivity contribution in [2.45, 2.75) is 58.4 Å². The lowest BCUT2D eigenvalue weighted by Crippen LogP contribution is -2.45. The summed E-state index contributed by atoms with van der Waals surface area (Å²) in [5.41, 5.74) is -0.403. The summed E-state index contributed by atoms with van der Waals surface area (Å²) in [6.07, 6.45) is 2.97. The topological polar surface area (TPSA) is 62.2 Å². The van der Waals surface area contributed by atoms with Gasteiger partial charge in [0.2, 0.25) is 0 Å². The fraction of sp³-hybridized carbons (Fsp3) is 0.714. The van der Waals surface area contributed by atoms with Crippen molar-refractivity contribution in [2.24, 2.45) is 0 Å². The summed E-state index contributed by atoms with van der Waals surface area (Å²) in [4.78, 5) is 17.2. The van der Waals surface area contributed by atoms with Crippen molar-refractivity contribution in [3.8, 4) is 0 Å². The van der Waals surface area contributed by atoms with Crippen molar-refractivity contribution >= 4 is 17.2 Å². The Balaban J connectivity index is 2.81. The van der Waals surface area contributed by atoms with Crippen molar-refractivity contribution in [1.29, 1.82) is 0 Å². The van der Waals surface area contributed by atoms with Gasteiger partial charge >= 0.3 is 0 Å². The Labute approximate surface area is 119 Å². The van der Waals surface area contributed by atoms with Crippen LogP contribution >= 0.6 is 11.3 Å². The standard InChI is InChI=1S/C14H24N2O2S/c1-6-14(5,7-8-17)16-11(18)10-9-15-12(19-10)13(2,3)4/h9,17H,6-8H2,1-5H3,(H,16,18). The number of carbonyl (C=O) groups excluding carboxylic acids is 1. The number of hydrogen-bond acceptors (Lipinski definition) is 4. The lowest BCUT2D eigenvalue weighted by molar-refractivity contribution is 0.0890. The first kappa shape index (κ1) is 16.1. The smallest absolute Gasteiger partial charge is 0.263 e. The number of rotatable bonds is 5. The van der Waals surface area contributed by atoms with E-state index in [0.29, 0.717) is 11.3 Å². The molecular formula is C14H24N2O2S. The molecule has 1 unspecified atom stereocenters. The quantitative estimate of drug-likeness (QED) is 0.874. The molecule has 0 aromatic carbocycles. The SMILES string of the molecule is CCC(C)(CCO)NC(=O)c1cnc(C(C)(C)C)s1. The van der Waals surface area contributed by atoms with E-state index in [0.717, 1.165) is 11.4 Å². The molecule has 0 spiro atoms. The van der Waals surface area contributed by atoms with E-state index in [4.69, 9.17) is 5.11 Å². The summed E-state index contributed by atoms with van der Waals surface area (Å²) >= 11 is 1.43. The van der Waals surface area contributed by atoms with E-state index in [-0.39, 0.29) is 23.5 Å². The molecule has 1 rings (SSSR count). The molecule has 1 atom stereocenters. The van der Waals surface area contributed by atoms with Crippen LogP contribution in [0.25, 0.3) is 0 Å². The number of aliphatic hydroxyl groups is 1. The Kier molecular flexibility index (Phi) is 5.10. The van der Waals surface area contributed by atoms with Crippen molar-refractivity contribution in [2.75, 3.05) is 6.61 Å². The highest BCUT2D eigenvalue weighted by Gasteiger charge is 2.26. The summed E-state index contributed by atoms with van der Waals surface area (Å²) in [6, 6.07) is 0. The van der Waals surface area contributed by atoms with Gasteiger partial charge in [0.15, 0.2) is 0 Å². The zero-order valence-corrected chi connectivity index (χ0v) is 13.2. The van der Waals surface area contributed by atoms with Gasteiger partial charge in [-0.1, -0.05) is 27.7 Å². The molecule has 0 aliphatic heterocycles. The van der Waals surface area contributed by atoms with Crippen LogP contribution in [0.15, 0.2) is 6.20 Å². The molecule has 108 valence electrons. The Morgan fingerprint density at radius 1 is 1.42 bits per heavy atom. The number of carbonyl (C=O) groups is 1. The minimum absolute atomic E-state index is 0.0393. The molecule has 19 heavy (non-hydrogen) atoms. The Bertz CT molecular complexity index is 437. The number of thiazole rings is 1. The molecule has 1 aromatic heterocycles. The van der Waals surface area contributed by atoms with Crippen LogP contribution in [0.5, 0.6) is 0 Å². The Morgan fingerprint density at radius 3 is 2.47 bits per heavy atom. The third kappa shape index (κ3) is 4.28. The third-order valence-corrected chi connectivity index (χ3v) is 4.65. The molecule has 4 nitrogen and oxygen atoms in total. The van der Waals surface area contributed by atoms with Gasteiger partial charge in [-0.3, -0.25) is 4.79 Å². The zero-order valence-electron chi connectivity index (χ0n) is 12.4. The summed E-state index contributed by atoms with van der Waals surface area (Å²) in [5, 5.41) is 13.0. The van der Waals surface area contributed by atoms with E-state index in [1.165, 1.54) is 11.3 Å². The summed E-state index contributed by atoms with van der Waals surface area (Å²) < 4.78 is 0. The van der Waals surface area contributed by atoms with Crippen LogP contribution in [0.2, 0.25) is 0 Å². The average Bonchev–Trinajstić information content (AvgIpc) is 2.78. The fourth-order valence-electron chi connectivity index (χ4n) is 1.64. The Hall–Kier alpha value is -0.940. The molecule has 0 aliphatic rings. The van der Waals surface area contributed by atoms with Gasteiger partial charge in [-0.2, -0.15) is 0 Å². The van der Waals surface area contributed by atoms with Gasteiger partial charge in [0, 0.05) is 17.6 Å². The number of aromatic nitrogens is 1. The van der Waals surface area contributed by atoms with Gasteiger partial charge in [0.1, 0.15) is 4.88 Å². The molecule has 0 aliphatic carbocycles. The first-order chi connectivity index (χ1) is 8.72. The lowest BCUT2D eigenvalue weighted by atomic mass is 9.95. The summed E-state index contributed by atoms with van der Waals surface area (Å²) in [7, 11) is 0. The van der Waals surface area contributed by atoms with Gasteiger partial charge in [0.05, 0.1) is 11.2 Å². The van der Waals surface area contributed by atoms with E-state index in [2.05, 4.69) is 31.1 Å². The highest BCUT2D eigenvalue weighted by molar-refractivity contribution is 7.13. The number of nitrogens with one attached hydrogen (secondary N) is 1. The molecule has 1 amide bonds. The maximum atomic E-state index is 12.2. The number of nitrogens with zero attached hydrogens (tertiary/aromatic N) is 1. The van der Waals surface area contributed by atoms with Gasteiger partial charge in [-0.25, -0.2) is 4.98 Å². The molecule has 5 heteroatoms. The molecule has 0 saturated carbocycles. The average molecular weight is 284 g/mol. The number of aliphatic hydroxyl groups excluding tert-OH is 1. The van der Waals surface area contributed by atoms with Crippen LogP contribution in [0, 0.1) is 0 Å². The summed E-state index contributed by atoms with van der Waals surface area (Å²) in [6.45, 7) is 10.3. The minimum Gasteiger partial charge on any atom is -0.396 e. The second-order valence-electron chi connectivity index (χ2n) is 6.12. The maximum absolute atomic E-state index is 12.2. The van der Waals surface area contributed by atoms with Crippen LogP contribution in [0.3, 0.4) is 0 Å². The van der Waals surface area contributed by atoms with E-state index in [1.807, 2.05) is 13.8 Å². The molecule has 0 radical (unpaired) electrons. The van der Waals surface area contributed by atoms with Gasteiger partial charge in [0.25, 0.3) is 5.91 Å². The first-order valence-electron chi connectivity index (χ1n) is 6.61. The normalized spacial score (nSPS) is 15.1. The molecule has 1 heterocycles. The van der Waals surface area contributed by atoms with Crippen LogP contribution in [-0.4, -0.2) is 28.1 Å². The number of amides is 1. The zero-order chi connectivity index (χ0) is 14.7. The van der Waals surface area contributed by atoms with E-state index < -0.39 is 0 Å². The lowest BCUT2D eigenvalue weighted by Gasteiger charge is -2.28. The van der Waals surface area contributed by atoms with Crippen LogP contribution in [0.4, 0.5) is 0 Å². The van der Waals surface area contributed by atoms with Crippen molar-refractivity contribution < 1.29 is 9.90 Å². The second-order valence-corrected chi connectivity index (χ2v) is 7.15.